The molecule has 31 heavy (non-hydrogen) atoms. The Labute approximate surface area is 186 Å². The Morgan fingerprint density at radius 2 is 1.58 bits per heavy atom. The lowest BCUT2D eigenvalue weighted by molar-refractivity contribution is -0.143. The molecule has 0 bridgehead atoms. The first-order valence-corrected chi connectivity index (χ1v) is 11.2. The van der Waals surface area contributed by atoms with E-state index in [1.54, 1.807) is 4.90 Å². The lowest BCUT2D eigenvalue weighted by Gasteiger charge is -2.31. The molecule has 168 valence electrons. The summed E-state index contributed by atoms with van der Waals surface area (Å²) in [5.74, 6) is 0.756. The maximum absolute atomic E-state index is 13.2. The second-order valence-corrected chi connectivity index (χ2v) is 8.26. The second kappa shape index (κ2) is 12.1. The van der Waals surface area contributed by atoms with E-state index < -0.39 is 6.04 Å². The van der Waals surface area contributed by atoms with Crippen LogP contribution >= 0.6 is 0 Å². The van der Waals surface area contributed by atoms with Gasteiger partial charge in [0, 0.05) is 12.6 Å². The molecular weight excluding hydrogens is 388 g/mol. The molecule has 5 nitrogen and oxygen atoms in total. The van der Waals surface area contributed by atoms with Gasteiger partial charge in [0.15, 0.2) is 6.61 Å². The number of amides is 2. The lowest BCUT2D eigenvalue weighted by Crippen LogP contribution is -2.51. The summed E-state index contributed by atoms with van der Waals surface area (Å²) in [6, 6.07) is 17.0. The molecule has 0 radical (unpaired) electrons. The molecule has 0 saturated heterocycles. The highest BCUT2D eigenvalue weighted by Crippen LogP contribution is 2.19. The van der Waals surface area contributed by atoms with Gasteiger partial charge in [-0.15, -0.1) is 0 Å². The molecule has 0 saturated carbocycles. The predicted octanol–water partition coefficient (Wildman–Crippen LogP) is 4.91. The summed E-state index contributed by atoms with van der Waals surface area (Å²) < 4.78 is 5.77. The van der Waals surface area contributed by atoms with E-state index in [0.717, 1.165) is 12.0 Å². The molecule has 2 amide bonds. The number of benzene rings is 2. The zero-order valence-corrected chi connectivity index (χ0v) is 19.4. The van der Waals surface area contributed by atoms with Crippen LogP contribution in [0.2, 0.25) is 0 Å². The fraction of sp³-hybridized carbons (Fsp3) is 0.462. The molecule has 5 heteroatoms. The summed E-state index contributed by atoms with van der Waals surface area (Å²) in [6.07, 6.45) is 1.37. The molecule has 2 aromatic carbocycles. The van der Waals surface area contributed by atoms with Crippen LogP contribution in [-0.4, -0.2) is 35.4 Å². The number of nitrogens with one attached hydrogen (secondary N) is 1. The molecule has 0 spiro atoms. The van der Waals surface area contributed by atoms with Gasteiger partial charge in [0.25, 0.3) is 5.91 Å². The molecular formula is C26H36N2O3. The fourth-order valence-corrected chi connectivity index (χ4v) is 3.32. The molecule has 0 aliphatic carbocycles. The van der Waals surface area contributed by atoms with Crippen molar-refractivity contribution in [2.24, 2.45) is 0 Å². The van der Waals surface area contributed by atoms with Gasteiger partial charge in [-0.3, -0.25) is 9.59 Å². The smallest absolute Gasteiger partial charge is 0.261 e. The minimum atomic E-state index is -0.548. The van der Waals surface area contributed by atoms with Crippen LogP contribution in [0, 0.1) is 0 Å². The summed E-state index contributed by atoms with van der Waals surface area (Å²) in [5.41, 5.74) is 2.20. The lowest BCUT2D eigenvalue weighted by atomic mass is 10.0. The van der Waals surface area contributed by atoms with Crippen LogP contribution in [0.4, 0.5) is 0 Å². The van der Waals surface area contributed by atoms with Gasteiger partial charge in [-0.2, -0.15) is 0 Å². The Hall–Kier alpha value is -2.82. The van der Waals surface area contributed by atoms with Gasteiger partial charge in [0.05, 0.1) is 0 Å². The predicted molar refractivity (Wildman–Crippen MR) is 125 cm³/mol. The quantitative estimate of drug-likeness (QED) is 0.557. The molecule has 2 aromatic rings. The van der Waals surface area contributed by atoms with Gasteiger partial charge in [0.1, 0.15) is 11.8 Å². The van der Waals surface area contributed by atoms with Gasteiger partial charge in [-0.25, -0.2) is 0 Å². The third-order valence-electron chi connectivity index (χ3n) is 5.49. The van der Waals surface area contributed by atoms with Crippen molar-refractivity contribution in [1.29, 1.82) is 0 Å². The van der Waals surface area contributed by atoms with E-state index in [2.05, 4.69) is 19.2 Å². The van der Waals surface area contributed by atoms with Crippen molar-refractivity contribution in [1.82, 2.24) is 10.2 Å². The highest BCUT2D eigenvalue weighted by atomic mass is 16.5. The van der Waals surface area contributed by atoms with Crippen LogP contribution < -0.4 is 10.1 Å². The summed E-state index contributed by atoms with van der Waals surface area (Å²) in [6.45, 7) is 10.4. The summed E-state index contributed by atoms with van der Waals surface area (Å²) in [5, 5.41) is 3.02. The van der Waals surface area contributed by atoms with Crippen molar-refractivity contribution in [2.75, 3.05) is 6.61 Å². The van der Waals surface area contributed by atoms with E-state index in [0.29, 0.717) is 24.6 Å². The molecule has 0 heterocycles. The van der Waals surface area contributed by atoms with Crippen molar-refractivity contribution in [2.45, 2.75) is 72.0 Å². The maximum Gasteiger partial charge on any atom is 0.261 e. The van der Waals surface area contributed by atoms with Gasteiger partial charge >= 0.3 is 0 Å². The Morgan fingerprint density at radius 1 is 0.935 bits per heavy atom. The van der Waals surface area contributed by atoms with E-state index in [-0.39, 0.29) is 24.5 Å². The number of carbonyl (C=O) groups is 2. The van der Waals surface area contributed by atoms with Crippen LogP contribution in [0.5, 0.6) is 5.75 Å². The summed E-state index contributed by atoms with van der Waals surface area (Å²) in [7, 11) is 0. The van der Waals surface area contributed by atoms with Crippen LogP contribution in [-0.2, 0) is 16.1 Å². The topological polar surface area (TPSA) is 58.6 Å². The number of carbonyl (C=O) groups excluding carboxylic acids is 2. The molecule has 1 N–H and O–H groups in total. The fourth-order valence-electron chi connectivity index (χ4n) is 3.32. The molecule has 0 fully saturated rings. The minimum absolute atomic E-state index is 0.0611. The summed E-state index contributed by atoms with van der Waals surface area (Å²) >= 11 is 0. The SMILES string of the molecule is CC[C@H](C(=O)N[C@@H](C)CC)N(Cc1ccccc1)C(=O)COc1ccc(C(C)C)cc1. The van der Waals surface area contributed by atoms with E-state index in [4.69, 9.17) is 4.74 Å². The molecule has 0 aromatic heterocycles. The zero-order chi connectivity index (χ0) is 22.8. The van der Waals surface area contributed by atoms with Crippen LogP contribution in [0.15, 0.2) is 54.6 Å². The average molecular weight is 425 g/mol. The zero-order valence-electron chi connectivity index (χ0n) is 19.4. The Kier molecular flexibility index (Phi) is 9.57. The number of ether oxygens (including phenoxy) is 1. The molecule has 2 rings (SSSR count). The van der Waals surface area contributed by atoms with Crippen molar-refractivity contribution in [3.63, 3.8) is 0 Å². The standard InChI is InChI=1S/C26H36N2O3/c1-6-20(5)27-26(30)24(7-2)28(17-21-11-9-8-10-12-21)25(29)18-31-23-15-13-22(14-16-23)19(3)4/h8-16,19-20,24H,6-7,17-18H2,1-5H3,(H,27,30)/t20-,24+/m0/s1. The Morgan fingerprint density at radius 3 is 2.13 bits per heavy atom. The van der Waals surface area contributed by atoms with Crippen molar-refractivity contribution >= 4 is 11.8 Å². The normalized spacial score (nSPS) is 12.8. The first kappa shape index (κ1) is 24.4. The van der Waals surface area contributed by atoms with E-state index in [1.807, 2.05) is 75.4 Å². The third kappa shape index (κ3) is 7.42. The van der Waals surface area contributed by atoms with Gasteiger partial charge < -0.3 is 15.0 Å². The van der Waals surface area contributed by atoms with Gasteiger partial charge in [-0.1, -0.05) is 70.2 Å². The Bertz CT molecular complexity index is 818. The van der Waals surface area contributed by atoms with E-state index >= 15 is 0 Å². The van der Waals surface area contributed by atoms with E-state index in [9.17, 15) is 9.59 Å². The molecule has 2 atom stereocenters. The highest BCUT2D eigenvalue weighted by Gasteiger charge is 2.29. The monoisotopic (exact) mass is 424 g/mol. The van der Waals surface area contributed by atoms with Crippen LogP contribution in [0.25, 0.3) is 0 Å². The van der Waals surface area contributed by atoms with E-state index in [1.165, 1.54) is 5.56 Å². The highest BCUT2D eigenvalue weighted by molar-refractivity contribution is 5.88. The Balaban J connectivity index is 2.15. The second-order valence-electron chi connectivity index (χ2n) is 8.26. The van der Waals surface area contributed by atoms with Crippen LogP contribution in [0.3, 0.4) is 0 Å². The maximum atomic E-state index is 13.2. The van der Waals surface area contributed by atoms with Crippen molar-refractivity contribution < 1.29 is 14.3 Å². The third-order valence-corrected chi connectivity index (χ3v) is 5.49. The number of nitrogens with zero attached hydrogens (tertiary/aromatic N) is 1. The number of hydrogen-bond acceptors (Lipinski definition) is 3. The average Bonchev–Trinajstić information content (AvgIpc) is 2.78. The minimum Gasteiger partial charge on any atom is -0.484 e. The summed E-state index contributed by atoms with van der Waals surface area (Å²) in [4.78, 5) is 27.7. The van der Waals surface area contributed by atoms with Crippen molar-refractivity contribution in [3.05, 3.63) is 65.7 Å². The van der Waals surface area contributed by atoms with Gasteiger partial charge in [0.2, 0.25) is 5.91 Å². The number of rotatable bonds is 11. The molecule has 0 unspecified atom stereocenters. The largest absolute Gasteiger partial charge is 0.484 e. The first-order valence-electron chi connectivity index (χ1n) is 11.2. The molecule has 0 aliphatic rings. The van der Waals surface area contributed by atoms with Gasteiger partial charge in [-0.05, 0) is 48.9 Å². The van der Waals surface area contributed by atoms with Crippen LogP contribution in [0.1, 0.15) is 64.5 Å². The van der Waals surface area contributed by atoms with Crippen molar-refractivity contribution in [3.8, 4) is 5.75 Å². The first-order chi connectivity index (χ1) is 14.8. The number of hydrogen-bond donors (Lipinski definition) is 1. The molecule has 0 aliphatic heterocycles.